The van der Waals surface area contributed by atoms with E-state index in [-0.39, 0.29) is 5.91 Å². The predicted molar refractivity (Wildman–Crippen MR) is 108 cm³/mol. The topological polar surface area (TPSA) is 66.0 Å². The molecule has 1 aromatic rings. The van der Waals surface area contributed by atoms with Gasteiger partial charge in [-0.2, -0.15) is 0 Å². The highest BCUT2D eigenvalue weighted by Gasteiger charge is 2.39. The van der Waals surface area contributed by atoms with E-state index in [1.165, 1.54) is 38.5 Å². The number of ether oxygens (including phenoxy) is 1. The van der Waals surface area contributed by atoms with Crippen LogP contribution in [0.1, 0.15) is 48.9 Å². The number of amides is 1. The van der Waals surface area contributed by atoms with Gasteiger partial charge in [0.25, 0.3) is 5.91 Å². The van der Waals surface area contributed by atoms with Crippen molar-refractivity contribution in [1.29, 1.82) is 0 Å². The number of methoxy groups -OCH3 is 1. The molecular formula is C21H32N4O2. The third-order valence-corrected chi connectivity index (χ3v) is 5.91. The molecule has 148 valence electrons. The molecule has 6 heteroatoms. The van der Waals surface area contributed by atoms with Gasteiger partial charge in [0, 0.05) is 38.8 Å². The quantitative estimate of drug-likeness (QED) is 0.474. The molecule has 0 radical (unpaired) electrons. The van der Waals surface area contributed by atoms with Crippen LogP contribution in [0.25, 0.3) is 0 Å². The molecule has 0 unspecified atom stereocenters. The third kappa shape index (κ3) is 4.93. The van der Waals surface area contributed by atoms with Gasteiger partial charge < -0.3 is 20.3 Å². The number of carbonyl (C=O) groups is 1. The molecule has 2 fully saturated rings. The first kappa shape index (κ1) is 19.5. The molecule has 1 aliphatic carbocycles. The van der Waals surface area contributed by atoms with Gasteiger partial charge in [0.05, 0.1) is 7.11 Å². The van der Waals surface area contributed by atoms with Crippen LogP contribution >= 0.6 is 0 Å². The lowest BCUT2D eigenvalue weighted by Crippen LogP contribution is -2.44. The molecular weight excluding hydrogens is 340 g/mol. The maximum Gasteiger partial charge on any atom is 0.251 e. The van der Waals surface area contributed by atoms with Crippen molar-refractivity contribution in [2.24, 2.45) is 10.4 Å². The number of nitrogens with zero attached hydrogens (tertiary/aromatic N) is 2. The first-order valence-electron chi connectivity index (χ1n) is 10.0. The van der Waals surface area contributed by atoms with E-state index >= 15 is 0 Å². The van der Waals surface area contributed by atoms with Crippen molar-refractivity contribution in [3.8, 4) is 5.75 Å². The van der Waals surface area contributed by atoms with E-state index < -0.39 is 0 Å². The number of benzene rings is 1. The Kier molecular flexibility index (Phi) is 6.58. The molecule has 2 aliphatic rings. The number of hydrogen-bond donors (Lipinski definition) is 2. The summed E-state index contributed by atoms with van der Waals surface area (Å²) in [7, 11) is 3.45. The SMILES string of the molecule is CN=C(NCCNC(=O)c1ccc(OC)cc1)N1CCC2(CCCCC2)C1. The first-order valence-corrected chi connectivity index (χ1v) is 10.0. The fourth-order valence-electron chi connectivity index (χ4n) is 4.35. The number of hydrogen-bond acceptors (Lipinski definition) is 3. The van der Waals surface area contributed by atoms with Crippen molar-refractivity contribution in [2.45, 2.75) is 38.5 Å². The normalized spacial score (nSPS) is 19.2. The number of guanidine groups is 1. The predicted octanol–water partition coefficient (Wildman–Crippen LogP) is 2.66. The molecule has 1 aliphatic heterocycles. The van der Waals surface area contributed by atoms with Crippen molar-refractivity contribution >= 4 is 11.9 Å². The highest BCUT2D eigenvalue weighted by molar-refractivity contribution is 5.94. The lowest BCUT2D eigenvalue weighted by Gasteiger charge is -2.33. The fourth-order valence-corrected chi connectivity index (χ4v) is 4.35. The molecule has 6 nitrogen and oxygen atoms in total. The van der Waals surface area contributed by atoms with Crippen LogP contribution in [0.15, 0.2) is 29.3 Å². The van der Waals surface area contributed by atoms with Crippen molar-refractivity contribution in [2.75, 3.05) is 40.3 Å². The maximum atomic E-state index is 12.2. The summed E-state index contributed by atoms with van der Waals surface area (Å²) < 4.78 is 5.12. The van der Waals surface area contributed by atoms with Crippen molar-refractivity contribution in [1.82, 2.24) is 15.5 Å². The Hall–Kier alpha value is -2.24. The zero-order valence-corrected chi connectivity index (χ0v) is 16.6. The van der Waals surface area contributed by atoms with E-state index in [4.69, 9.17) is 4.74 Å². The van der Waals surface area contributed by atoms with Crippen molar-refractivity contribution in [3.63, 3.8) is 0 Å². The van der Waals surface area contributed by atoms with Gasteiger partial charge in [0.15, 0.2) is 5.96 Å². The Balaban J connectivity index is 1.41. The minimum atomic E-state index is -0.0724. The Morgan fingerprint density at radius 1 is 1.11 bits per heavy atom. The Morgan fingerprint density at radius 2 is 1.81 bits per heavy atom. The van der Waals surface area contributed by atoms with Gasteiger partial charge in [-0.3, -0.25) is 9.79 Å². The summed E-state index contributed by atoms with van der Waals surface area (Å²) in [5.74, 6) is 1.63. The Labute approximate surface area is 162 Å². The Morgan fingerprint density at radius 3 is 2.48 bits per heavy atom. The highest BCUT2D eigenvalue weighted by atomic mass is 16.5. The smallest absolute Gasteiger partial charge is 0.251 e. The van der Waals surface area contributed by atoms with Crippen LogP contribution in [0.2, 0.25) is 0 Å². The molecule has 0 atom stereocenters. The third-order valence-electron chi connectivity index (χ3n) is 5.91. The molecule has 1 aromatic carbocycles. The monoisotopic (exact) mass is 372 g/mol. The summed E-state index contributed by atoms with van der Waals surface area (Å²) in [6.07, 6.45) is 8.13. The number of likely N-dealkylation sites (tertiary alicyclic amines) is 1. The second-order valence-corrected chi connectivity index (χ2v) is 7.69. The van der Waals surface area contributed by atoms with Crippen molar-refractivity contribution in [3.05, 3.63) is 29.8 Å². The standard InChI is InChI=1S/C21H32N4O2/c1-22-20(25-15-12-21(16-25)10-4-3-5-11-21)24-14-13-23-19(26)17-6-8-18(27-2)9-7-17/h6-9H,3-5,10-16H2,1-2H3,(H,22,24)(H,23,26). The van der Waals surface area contributed by atoms with E-state index in [0.29, 0.717) is 24.1 Å². The molecule has 3 rings (SSSR count). The molecule has 1 saturated heterocycles. The van der Waals surface area contributed by atoms with Gasteiger partial charge in [-0.1, -0.05) is 19.3 Å². The number of aliphatic imine (C=N–C) groups is 1. The van der Waals surface area contributed by atoms with E-state index in [1.807, 2.05) is 7.05 Å². The zero-order valence-electron chi connectivity index (χ0n) is 16.6. The highest BCUT2D eigenvalue weighted by Crippen LogP contribution is 2.43. The van der Waals surface area contributed by atoms with Gasteiger partial charge in [0.2, 0.25) is 0 Å². The number of nitrogens with one attached hydrogen (secondary N) is 2. The van der Waals surface area contributed by atoms with Gasteiger partial charge in [-0.05, 0) is 48.9 Å². The summed E-state index contributed by atoms with van der Waals surface area (Å²) in [6, 6.07) is 7.13. The summed E-state index contributed by atoms with van der Waals surface area (Å²) >= 11 is 0. The van der Waals surface area contributed by atoms with Gasteiger partial charge >= 0.3 is 0 Å². The largest absolute Gasteiger partial charge is 0.497 e. The maximum absolute atomic E-state index is 12.2. The molecule has 1 saturated carbocycles. The second kappa shape index (κ2) is 9.11. The van der Waals surface area contributed by atoms with Crippen LogP contribution in [-0.4, -0.2) is 57.1 Å². The van der Waals surface area contributed by atoms with E-state index in [1.54, 1.807) is 31.4 Å². The fraction of sp³-hybridized carbons (Fsp3) is 0.619. The number of rotatable bonds is 5. The van der Waals surface area contributed by atoms with E-state index in [2.05, 4.69) is 20.5 Å². The summed E-state index contributed by atoms with van der Waals surface area (Å²) in [5, 5.41) is 6.35. The minimum Gasteiger partial charge on any atom is -0.497 e. The molecule has 1 amide bonds. The van der Waals surface area contributed by atoms with Crippen LogP contribution in [0.5, 0.6) is 5.75 Å². The summed E-state index contributed by atoms with van der Waals surface area (Å²) in [4.78, 5) is 19.0. The molecule has 1 spiro atoms. The molecule has 0 bridgehead atoms. The van der Waals surface area contributed by atoms with Crippen molar-refractivity contribution < 1.29 is 9.53 Å². The van der Waals surface area contributed by atoms with Gasteiger partial charge in [0.1, 0.15) is 5.75 Å². The van der Waals surface area contributed by atoms with E-state index in [9.17, 15) is 4.79 Å². The first-order chi connectivity index (χ1) is 13.2. The lowest BCUT2D eigenvalue weighted by molar-refractivity contribution is 0.0954. The van der Waals surface area contributed by atoms with Crippen LogP contribution in [0.3, 0.4) is 0 Å². The summed E-state index contributed by atoms with van der Waals surface area (Å²) in [6.45, 7) is 3.42. The average Bonchev–Trinajstić information content (AvgIpc) is 3.11. The lowest BCUT2D eigenvalue weighted by atomic mass is 9.73. The van der Waals surface area contributed by atoms with Crippen LogP contribution < -0.4 is 15.4 Å². The van der Waals surface area contributed by atoms with Crippen LogP contribution in [-0.2, 0) is 0 Å². The van der Waals surface area contributed by atoms with Crippen LogP contribution in [0, 0.1) is 5.41 Å². The summed E-state index contributed by atoms with van der Waals surface area (Å²) in [5.41, 5.74) is 1.15. The van der Waals surface area contributed by atoms with Gasteiger partial charge in [-0.15, -0.1) is 0 Å². The second-order valence-electron chi connectivity index (χ2n) is 7.69. The molecule has 27 heavy (non-hydrogen) atoms. The average molecular weight is 373 g/mol. The zero-order chi connectivity index (χ0) is 19.1. The number of carbonyl (C=O) groups excluding carboxylic acids is 1. The van der Waals surface area contributed by atoms with Crippen LogP contribution in [0.4, 0.5) is 0 Å². The molecule has 1 heterocycles. The molecule has 2 N–H and O–H groups in total. The minimum absolute atomic E-state index is 0.0724. The molecule has 0 aromatic heterocycles. The van der Waals surface area contributed by atoms with E-state index in [0.717, 1.165) is 24.8 Å². The Bertz CT molecular complexity index is 651. The van der Waals surface area contributed by atoms with Gasteiger partial charge in [-0.25, -0.2) is 0 Å².